The maximum atomic E-state index is 6.17. The fraction of sp³-hybridized carbons (Fsp3) is 0.714. The molecule has 0 unspecified atom stereocenters. The number of hydrogen-bond acceptors (Lipinski definition) is 3. The van der Waals surface area contributed by atoms with Gasteiger partial charge in [-0.25, -0.2) is 9.97 Å². The Hall–Kier alpha value is -0.830. The van der Waals surface area contributed by atoms with Crippen molar-refractivity contribution in [1.82, 2.24) is 9.97 Å². The molecular formula is C14H22ClN3. The molecule has 2 rings (SSSR count). The van der Waals surface area contributed by atoms with Crippen LogP contribution in [0.4, 0.5) is 5.82 Å². The molecule has 0 aromatic carbocycles. The molecule has 3 nitrogen and oxygen atoms in total. The highest BCUT2D eigenvalue weighted by Crippen LogP contribution is 2.25. The zero-order valence-electron chi connectivity index (χ0n) is 11.1. The Bertz CT molecular complexity index is 373. The first-order chi connectivity index (χ1) is 8.81. The van der Waals surface area contributed by atoms with Gasteiger partial charge in [-0.1, -0.05) is 50.6 Å². The number of nitrogens with zero attached hydrogens (tertiary/aromatic N) is 2. The van der Waals surface area contributed by atoms with Crippen LogP contribution >= 0.6 is 11.6 Å². The number of rotatable bonds is 4. The fourth-order valence-corrected chi connectivity index (χ4v) is 2.83. The molecule has 1 aliphatic carbocycles. The minimum atomic E-state index is 0.550. The number of hydrogen-bond donors (Lipinski definition) is 1. The second-order valence-electron chi connectivity index (χ2n) is 5.07. The summed E-state index contributed by atoms with van der Waals surface area (Å²) in [6.45, 7) is 2.15. The van der Waals surface area contributed by atoms with Crippen LogP contribution in [0.2, 0.25) is 5.15 Å². The SMILES string of the molecule is CCCc1c(Cl)ncnc1NC1CCCCCC1. The van der Waals surface area contributed by atoms with Gasteiger partial charge in [0.15, 0.2) is 0 Å². The van der Waals surface area contributed by atoms with Gasteiger partial charge in [0.05, 0.1) is 0 Å². The molecule has 1 saturated carbocycles. The van der Waals surface area contributed by atoms with Crippen LogP contribution in [0.5, 0.6) is 0 Å². The molecule has 0 saturated heterocycles. The summed E-state index contributed by atoms with van der Waals surface area (Å²) in [4.78, 5) is 8.46. The van der Waals surface area contributed by atoms with Gasteiger partial charge in [0.25, 0.3) is 0 Å². The standard InChI is InChI=1S/C14H22ClN3/c1-2-7-12-13(15)16-10-17-14(12)18-11-8-5-3-4-6-9-11/h10-11H,2-9H2,1H3,(H,16,17,18). The molecule has 0 radical (unpaired) electrons. The summed E-state index contributed by atoms with van der Waals surface area (Å²) in [6.07, 6.45) is 11.4. The zero-order chi connectivity index (χ0) is 12.8. The molecule has 18 heavy (non-hydrogen) atoms. The van der Waals surface area contributed by atoms with Crippen molar-refractivity contribution >= 4 is 17.4 Å². The van der Waals surface area contributed by atoms with Gasteiger partial charge in [0, 0.05) is 11.6 Å². The second-order valence-corrected chi connectivity index (χ2v) is 5.43. The van der Waals surface area contributed by atoms with Crippen molar-refractivity contribution in [3.05, 3.63) is 17.0 Å². The lowest BCUT2D eigenvalue weighted by Crippen LogP contribution is -2.20. The fourth-order valence-electron chi connectivity index (χ4n) is 2.60. The molecule has 1 aliphatic rings. The van der Waals surface area contributed by atoms with Crippen molar-refractivity contribution in [1.29, 1.82) is 0 Å². The van der Waals surface area contributed by atoms with E-state index in [-0.39, 0.29) is 0 Å². The maximum absolute atomic E-state index is 6.17. The molecule has 0 spiro atoms. The van der Waals surface area contributed by atoms with Crippen molar-refractivity contribution < 1.29 is 0 Å². The van der Waals surface area contributed by atoms with Crippen LogP contribution in [0, 0.1) is 0 Å². The van der Waals surface area contributed by atoms with E-state index in [0.717, 1.165) is 24.2 Å². The van der Waals surface area contributed by atoms with Crippen LogP contribution in [0.3, 0.4) is 0 Å². The number of halogens is 1. The van der Waals surface area contributed by atoms with Crippen LogP contribution in [0.1, 0.15) is 57.4 Å². The monoisotopic (exact) mass is 267 g/mol. The predicted molar refractivity (Wildman–Crippen MR) is 76.1 cm³/mol. The van der Waals surface area contributed by atoms with Gasteiger partial charge in [-0.2, -0.15) is 0 Å². The average molecular weight is 268 g/mol. The molecule has 1 aromatic heterocycles. The summed E-state index contributed by atoms with van der Waals surface area (Å²) >= 11 is 6.17. The maximum Gasteiger partial charge on any atom is 0.137 e. The normalized spacial score (nSPS) is 17.4. The van der Waals surface area contributed by atoms with Gasteiger partial charge >= 0.3 is 0 Å². The van der Waals surface area contributed by atoms with Gasteiger partial charge in [-0.05, 0) is 19.3 Å². The molecule has 1 fully saturated rings. The molecule has 0 amide bonds. The van der Waals surface area contributed by atoms with E-state index in [2.05, 4.69) is 22.2 Å². The Morgan fingerprint density at radius 2 is 1.94 bits per heavy atom. The highest BCUT2D eigenvalue weighted by molar-refractivity contribution is 6.30. The van der Waals surface area contributed by atoms with Crippen LogP contribution in [-0.2, 0) is 6.42 Å². The lowest BCUT2D eigenvalue weighted by atomic mass is 10.1. The van der Waals surface area contributed by atoms with E-state index in [1.807, 2.05) is 0 Å². The summed E-state index contributed by atoms with van der Waals surface area (Å²) in [6, 6.07) is 0.550. The molecule has 0 aliphatic heterocycles. The largest absolute Gasteiger partial charge is 0.367 e. The van der Waals surface area contributed by atoms with E-state index in [4.69, 9.17) is 11.6 Å². The molecule has 1 aromatic rings. The van der Waals surface area contributed by atoms with Crippen molar-refractivity contribution in [2.45, 2.75) is 64.3 Å². The molecule has 0 atom stereocenters. The molecular weight excluding hydrogens is 246 g/mol. The Morgan fingerprint density at radius 1 is 1.22 bits per heavy atom. The van der Waals surface area contributed by atoms with Crippen molar-refractivity contribution in [2.24, 2.45) is 0 Å². The summed E-state index contributed by atoms with van der Waals surface area (Å²) in [5.74, 6) is 0.948. The molecule has 0 bridgehead atoms. The van der Waals surface area contributed by atoms with E-state index < -0.39 is 0 Å². The van der Waals surface area contributed by atoms with E-state index in [0.29, 0.717) is 11.2 Å². The molecule has 100 valence electrons. The summed E-state index contributed by atoms with van der Waals surface area (Å²) in [5, 5.41) is 4.18. The third-order valence-corrected chi connectivity index (χ3v) is 3.91. The number of nitrogens with one attached hydrogen (secondary N) is 1. The first kappa shape index (κ1) is 13.6. The van der Waals surface area contributed by atoms with E-state index in [1.54, 1.807) is 6.33 Å². The first-order valence-corrected chi connectivity index (χ1v) is 7.45. The van der Waals surface area contributed by atoms with Crippen LogP contribution in [0.15, 0.2) is 6.33 Å². The van der Waals surface area contributed by atoms with Gasteiger partial charge in [-0.15, -0.1) is 0 Å². The minimum absolute atomic E-state index is 0.550. The number of anilines is 1. The van der Waals surface area contributed by atoms with Gasteiger partial charge in [-0.3, -0.25) is 0 Å². The highest BCUT2D eigenvalue weighted by atomic mass is 35.5. The molecule has 1 heterocycles. The quantitative estimate of drug-likeness (QED) is 0.656. The van der Waals surface area contributed by atoms with Gasteiger partial charge in [0.2, 0.25) is 0 Å². The van der Waals surface area contributed by atoms with Crippen molar-refractivity contribution in [2.75, 3.05) is 5.32 Å². The van der Waals surface area contributed by atoms with Crippen LogP contribution < -0.4 is 5.32 Å². The van der Waals surface area contributed by atoms with Crippen molar-refractivity contribution in [3.8, 4) is 0 Å². The van der Waals surface area contributed by atoms with Crippen LogP contribution in [-0.4, -0.2) is 16.0 Å². The van der Waals surface area contributed by atoms with E-state index >= 15 is 0 Å². The van der Waals surface area contributed by atoms with E-state index in [9.17, 15) is 0 Å². The summed E-state index contributed by atoms with van der Waals surface area (Å²) in [5.41, 5.74) is 1.07. The smallest absolute Gasteiger partial charge is 0.137 e. The highest BCUT2D eigenvalue weighted by Gasteiger charge is 2.15. The first-order valence-electron chi connectivity index (χ1n) is 7.07. The van der Waals surface area contributed by atoms with Crippen molar-refractivity contribution in [3.63, 3.8) is 0 Å². The third kappa shape index (κ3) is 3.58. The predicted octanol–water partition coefficient (Wildman–Crippen LogP) is 4.22. The topological polar surface area (TPSA) is 37.8 Å². The Labute approximate surface area is 114 Å². The Morgan fingerprint density at radius 3 is 2.61 bits per heavy atom. The van der Waals surface area contributed by atoms with E-state index in [1.165, 1.54) is 38.5 Å². The summed E-state index contributed by atoms with van der Waals surface area (Å²) in [7, 11) is 0. The Kier molecular flexibility index (Phi) is 5.24. The van der Waals surface area contributed by atoms with Crippen LogP contribution in [0.25, 0.3) is 0 Å². The average Bonchev–Trinajstić information content (AvgIpc) is 2.62. The summed E-state index contributed by atoms with van der Waals surface area (Å²) < 4.78 is 0. The second kappa shape index (κ2) is 6.93. The minimum Gasteiger partial charge on any atom is -0.367 e. The zero-order valence-corrected chi connectivity index (χ0v) is 11.8. The molecule has 1 N–H and O–H groups in total. The lowest BCUT2D eigenvalue weighted by molar-refractivity contribution is 0.616. The van der Waals surface area contributed by atoms with Gasteiger partial charge < -0.3 is 5.32 Å². The molecule has 4 heteroatoms. The lowest BCUT2D eigenvalue weighted by Gasteiger charge is -2.19. The number of aromatic nitrogens is 2. The Balaban J connectivity index is 2.09. The third-order valence-electron chi connectivity index (χ3n) is 3.59. The van der Waals surface area contributed by atoms with Gasteiger partial charge in [0.1, 0.15) is 17.3 Å².